The van der Waals surface area contributed by atoms with E-state index in [-0.39, 0.29) is 11.4 Å². The average molecular weight is 227 g/mol. The molecule has 0 saturated heterocycles. The Morgan fingerprint density at radius 1 is 1.53 bits per heavy atom. The Morgan fingerprint density at radius 3 is 2.53 bits per heavy atom. The predicted octanol–water partition coefficient (Wildman–Crippen LogP) is 1.44. The third kappa shape index (κ3) is 3.28. The molecule has 0 aromatic carbocycles. The lowest BCUT2D eigenvalue weighted by Gasteiger charge is -2.19. The molecule has 1 amide bonds. The number of carbonyl (C=O) groups excluding carboxylic acids is 1. The fourth-order valence-corrected chi connectivity index (χ4v) is 1.99. The number of rotatable bonds is 2. The maximum Gasteiger partial charge on any atom is 0.263 e. The predicted molar refractivity (Wildman–Crippen MR) is 62.0 cm³/mol. The van der Waals surface area contributed by atoms with Crippen LogP contribution in [0.5, 0.6) is 0 Å². The summed E-state index contributed by atoms with van der Waals surface area (Å²) in [6.45, 7) is 8.06. The van der Waals surface area contributed by atoms with E-state index in [1.165, 1.54) is 11.3 Å². The molecule has 15 heavy (non-hydrogen) atoms. The first kappa shape index (κ1) is 12.1. The number of nitrogens with zero attached hydrogens (tertiary/aromatic N) is 1. The fraction of sp³-hybridized carbons (Fsp3) is 0.600. The minimum absolute atomic E-state index is 0.0720. The Bertz CT molecular complexity index is 365. The standard InChI is InChI=1S/C10H17N3OS/c1-6-8(15-7(5-11)12-6)9(14)13-10(2,3)4/h5,11H2,1-4H3,(H,13,14). The topological polar surface area (TPSA) is 68.0 Å². The first-order chi connectivity index (χ1) is 6.83. The Balaban J connectivity index is 2.87. The van der Waals surface area contributed by atoms with Crippen molar-refractivity contribution in [2.24, 2.45) is 5.73 Å². The molecular formula is C10H17N3OS. The second-order valence-corrected chi connectivity index (χ2v) is 5.51. The van der Waals surface area contributed by atoms with Crippen LogP contribution < -0.4 is 11.1 Å². The average Bonchev–Trinajstić information content (AvgIpc) is 2.43. The van der Waals surface area contributed by atoms with Crippen LogP contribution in [0.25, 0.3) is 0 Å². The third-order valence-corrected chi connectivity index (χ3v) is 2.89. The van der Waals surface area contributed by atoms with Crippen LogP contribution in [0.4, 0.5) is 0 Å². The summed E-state index contributed by atoms with van der Waals surface area (Å²) >= 11 is 1.36. The molecule has 0 aliphatic carbocycles. The third-order valence-electron chi connectivity index (χ3n) is 1.71. The summed E-state index contributed by atoms with van der Waals surface area (Å²) in [6.07, 6.45) is 0. The van der Waals surface area contributed by atoms with Gasteiger partial charge in [0, 0.05) is 12.1 Å². The van der Waals surface area contributed by atoms with Gasteiger partial charge in [-0.2, -0.15) is 0 Å². The second-order valence-electron chi connectivity index (χ2n) is 4.43. The van der Waals surface area contributed by atoms with E-state index >= 15 is 0 Å². The number of thiazole rings is 1. The van der Waals surface area contributed by atoms with Gasteiger partial charge in [0.15, 0.2) is 0 Å². The molecule has 1 aromatic rings. The summed E-state index contributed by atoms with van der Waals surface area (Å²) in [5.74, 6) is -0.0720. The van der Waals surface area contributed by atoms with Crippen molar-refractivity contribution in [3.05, 3.63) is 15.6 Å². The molecule has 0 aliphatic rings. The smallest absolute Gasteiger partial charge is 0.263 e. The van der Waals surface area contributed by atoms with Gasteiger partial charge in [0.05, 0.1) is 5.69 Å². The number of carbonyl (C=O) groups is 1. The summed E-state index contributed by atoms with van der Waals surface area (Å²) in [6, 6.07) is 0. The van der Waals surface area contributed by atoms with Crippen LogP contribution in [-0.4, -0.2) is 16.4 Å². The monoisotopic (exact) mass is 227 g/mol. The maximum atomic E-state index is 11.8. The molecule has 0 unspecified atom stereocenters. The number of aromatic nitrogens is 1. The zero-order valence-electron chi connectivity index (χ0n) is 9.55. The van der Waals surface area contributed by atoms with Gasteiger partial charge in [-0.25, -0.2) is 4.98 Å². The van der Waals surface area contributed by atoms with Crippen molar-refractivity contribution in [3.63, 3.8) is 0 Å². The summed E-state index contributed by atoms with van der Waals surface area (Å²) < 4.78 is 0. The van der Waals surface area contributed by atoms with Gasteiger partial charge in [-0.15, -0.1) is 11.3 Å². The van der Waals surface area contributed by atoms with Crippen LogP contribution in [0.15, 0.2) is 0 Å². The molecule has 4 nitrogen and oxygen atoms in total. The van der Waals surface area contributed by atoms with Crippen molar-refractivity contribution in [1.82, 2.24) is 10.3 Å². The lowest BCUT2D eigenvalue weighted by Crippen LogP contribution is -2.40. The SMILES string of the molecule is Cc1nc(CN)sc1C(=O)NC(C)(C)C. The van der Waals surface area contributed by atoms with Gasteiger partial charge in [-0.1, -0.05) is 0 Å². The minimum atomic E-state index is -0.226. The highest BCUT2D eigenvalue weighted by Gasteiger charge is 2.19. The van der Waals surface area contributed by atoms with E-state index in [2.05, 4.69) is 10.3 Å². The number of hydrogen-bond acceptors (Lipinski definition) is 4. The molecule has 0 aliphatic heterocycles. The number of nitrogens with two attached hydrogens (primary N) is 1. The van der Waals surface area contributed by atoms with E-state index in [9.17, 15) is 4.79 Å². The normalized spacial score (nSPS) is 11.5. The van der Waals surface area contributed by atoms with Gasteiger partial charge >= 0.3 is 0 Å². The largest absolute Gasteiger partial charge is 0.347 e. The van der Waals surface area contributed by atoms with E-state index in [1.807, 2.05) is 27.7 Å². The summed E-state index contributed by atoms with van der Waals surface area (Å²) in [7, 11) is 0. The van der Waals surface area contributed by atoms with Crippen molar-refractivity contribution in [1.29, 1.82) is 0 Å². The zero-order chi connectivity index (χ0) is 11.6. The van der Waals surface area contributed by atoms with E-state index < -0.39 is 0 Å². The fourth-order valence-electron chi connectivity index (χ4n) is 1.15. The van der Waals surface area contributed by atoms with Crippen LogP contribution in [0.3, 0.4) is 0 Å². The number of hydrogen-bond donors (Lipinski definition) is 2. The lowest BCUT2D eigenvalue weighted by molar-refractivity contribution is 0.0923. The van der Waals surface area contributed by atoms with Crippen LogP contribution in [-0.2, 0) is 6.54 Å². The van der Waals surface area contributed by atoms with Gasteiger partial charge < -0.3 is 11.1 Å². The van der Waals surface area contributed by atoms with Crippen LogP contribution in [0.2, 0.25) is 0 Å². The highest BCUT2D eigenvalue weighted by molar-refractivity contribution is 7.13. The molecule has 0 radical (unpaired) electrons. The van der Waals surface area contributed by atoms with Crippen LogP contribution in [0, 0.1) is 6.92 Å². The van der Waals surface area contributed by atoms with Gasteiger partial charge in [-0.05, 0) is 27.7 Å². The van der Waals surface area contributed by atoms with E-state index in [4.69, 9.17) is 5.73 Å². The Labute approximate surface area is 93.9 Å². The van der Waals surface area contributed by atoms with E-state index in [0.29, 0.717) is 11.4 Å². The van der Waals surface area contributed by atoms with Gasteiger partial charge in [0.1, 0.15) is 9.88 Å². The van der Waals surface area contributed by atoms with E-state index in [1.54, 1.807) is 0 Å². The van der Waals surface area contributed by atoms with Crippen molar-refractivity contribution in [2.45, 2.75) is 39.8 Å². The van der Waals surface area contributed by atoms with Crippen LogP contribution in [0.1, 0.15) is 41.1 Å². The maximum absolute atomic E-state index is 11.8. The molecule has 3 N–H and O–H groups in total. The molecule has 1 aromatic heterocycles. The Kier molecular flexibility index (Phi) is 3.46. The summed E-state index contributed by atoms with van der Waals surface area (Å²) in [4.78, 5) is 16.7. The molecule has 0 fully saturated rings. The van der Waals surface area contributed by atoms with Gasteiger partial charge in [0.25, 0.3) is 5.91 Å². The van der Waals surface area contributed by atoms with E-state index in [0.717, 1.165) is 10.7 Å². The molecular weight excluding hydrogens is 210 g/mol. The minimum Gasteiger partial charge on any atom is -0.347 e. The molecule has 1 rings (SSSR count). The van der Waals surface area contributed by atoms with Gasteiger partial charge in [0.2, 0.25) is 0 Å². The molecule has 0 saturated carbocycles. The van der Waals surface area contributed by atoms with Crippen molar-refractivity contribution in [2.75, 3.05) is 0 Å². The first-order valence-electron chi connectivity index (χ1n) is 4.82. The molecule has 5 heteroatoms. The first-order valence-corrected chi connectivity index (χ1v) is 5.64. The summed E-state index contributed by atoms with van der Waals surface area (Å²) in [5, 5.41) is 3.70. The Hall–Kier alpha value is -0.940. The Morgan fingerprint density at radius 2 is 2.13 bits per heavy atom. The number of nitrogens with one attached hydrogen (secondary N) is 1. The highest BCUT2D eigenvalue weighted by atomic mass is 32.1. The lowest BCUT2D eigenvalue weighted by atomic mass is 10.1. The van der Waals surface area contributed by atoms with Crippen molar-refractivity contribution < 1.29 is 4.79 Å². The highest BCUT2D eigenvalue weighted by Crippen LogP contribution is 2.18. The molecule has 84 valence electrons. The summed E-state index contributed by atoms with van der Waals surface area (Å²) in [5.41, 5.74) is 6.00. The molecule has 0 spiro atoms. The second kappa shape index (κ2) is 4.28. The molecule has 0 bridgehead atoms. The zero-order valence-corrected chi connectivity index (χ0v) is 10.4. The quantitative estimate of drug-likeness (QED) is 0.803. The number of amides is 1. The van der Waals surface area contributed by atoms with Gasteiger partial charge in [-0.3, -0.25) is 4.79 Å². The number of aryl methyl sites for hydroxylation is 1. The van der Waals surface area contributed by atoms with Crippen molar-refractivity contribution >= 4 is 17.2 Å². The van der Waals surface area contributed by atoms with Crippen molar-refractivity contribution in [3.8, 4) is 0 Å². The molecule has 1 heterocycles. The van der Waals surface area contributed by atoms with Crippen LogP contribution >= 0.6 is 11.3 Å². The molecule has 0 atom stereocenters.